The van der Waals surface area contributed by atoms with Crippen LogP contribution in [0.4, 0.5) is 0 Å². The number of halogens is 1. The Morgan fingerprint density at radius 1 is 1.67 bits per heavy atom. The van der Waals surface area contributed by atoms with Gasteiger partial charge in [-0.3, -0.25) is 4.79 Å². The molecular formula is C10H21ClN2O2. The summed E-state index contributed by atoms with van der Waals surface area (Å²) in [5, 5.41) is 0. The molecule has 90 valence electrons. The lowest BCUT2D eigenvalue weighted by molar-refractivity contribution is -0.134. The molecule has 1 heterocycles. The minimum atomic E-state index is -0.129. The molecule has 1 fully saturated rings. The maximum atomic E-state index is 11.8. The summed E-state index contributed by atoms with van der Waals surface area (Å²) in [4.78, 5) is 13.7. The summed E-state index contributed by atoms with van der Waals surface area (Å²) in [6.45, 7) is 3.39. The number of carbonyl (C=O) groups excluding carboxylic acids is 1. The molecule has 1 aliphatic rings. The highest BCUT2D eigenvalue weighted by Gasteiger charge is 2.26. The van der Waals surface area contributed by atoms with Crippen LogP contribution in [0.1, 0.15) is 26.2 Å². The Hall–Kier alpha value is -0.320. The quantitative estimate of drug-likeness (QED) is 0.785. The molecule has 1 aliphatic heterocycles. The number of rotatable bonds is 4. The molecule has 0 bridgehead atoms. The van der Waals surface area contributed by atoms with Gasteiger partial charge in [-0.05, 0) is 19.8 Å². The van der Waals surface area contributed by atoms with E-state index >= 15 is 0 Å². The van der Waals surface area contributed by atoms with Gasteiger partial charge in [-0.25, -0.2) is 0 Å². The Balaban J connectivity index is 0.00000196. The summed E-state index contributed by atoms with van der Waals surface area (Å²) in [5.41, 5.74) is 5.47. The van der Waals surface area contributed by atoms with E-state index in [1.54, 1.807) is 7.11 Å². The zero-order chi connectivity index (χ0) is 10.6. The van der Waals surface area contributed by atoms with E-state index in [-0.39, 0.29) is 24.4 Å². The van der Waals surface area contributed by atoms with E-state index in [1.165, 1.54) is 0 Å². The van der Waals surface area contributed by atoms with Gasteiger partial charge >= 0.3 is 0 Å². The zero-order valence-corrected chi connectivity index (χ0v) is 10.3. The zero-order valence-electron chi connectivity index (χ0n) is 9.44. The first-order chi connectivity index (χ1) is 6.69. The van der Waals surface area contributed by atoms with Crippen molar-refractivity contribution in [3.63, 3.8) is 0 Å². The lowest BCUT2D eigenvalue weighted by atomic mass is 10.2. The first kappa shape index (κ1) is 14.7. The van der Waals surface area contributed by atoms with E-state index in [4.69, 9.17) is 10.5 Å². The smallest absolute Gasteiger partial charge is 0.225 e. The van der Waals surface area contributed by atoms with Crippen molar-refractivity contribution in [3.05, 3.63) is 0 Å². The summed E-state index contributed by atoms with van der Waals surface area (Å²) < 4.78 is 5.09. The fourth-order valence-electron chi connectivity index (χ4n) is 1.88. The molecule has 15 heavy (non-hydrogen) atoms. The summed E-state index contributed by atoms with van der Waals surface area (Å²) in [5.74, 6) is 0.173. The Bertz CT molecular complexity index is 198. The number of likely N-dealkylation sites (tertiary alicyclic amines) is 1. The second kappa shape index (κ2) is 7.04. The number of ether oxygens (including phenoxy) is 1. The minimum Gasteiger partial charge on any atom is -0.380 e. The van der Waals surface area contributed by atoms with Gasteiger partial charge in [0.15, 0.2) is 0 Å². The van der Waals surface area contributed by atoms with Crippen LogP contribution in [-0.4, -0.2) is 43.2 Å². The van der Waals surface area contributed by atoms with Crippen LogP contribution in [0.2, 0.25) is 0 Å². The fraction of sp³-hybridized carbons (Fsp3) is 0.900. The lowest BCUT2D eigenvalue weighted by Crippen LogP contribution is -2.37. The van der Waals surface area contributed by atoms with Crippen molar-refractivity contribution >= 4 is 18.3 Å². The minimum absolute atomic E-state index is 0. The molecule has 4 nitrogen and oxygen atoms in total. The lowest BCUT2D eigenvalue weighted by Gasteiger charge is -2.23. The molecule has 0 radical (unpaired) electrons. The number of amides is 1. The highest BCUT2D eigenvalue weighted by atomic mass is 35.5. The third-order valence-corrected chi connectivity index (χ3v) is 2.87. The molecule has 1 saturated heterocycles. The number of carbonyl (C=O) groups is 1. The number of nitrogens with zero attached hydrogens (tertiary/aromatic N) is 1. The van der Waals surface area contributed by atoms with E-state index in [2.05, 4.69) is 6.92 Å². The second-order valence-electron chi connectivity index (χ2n) is 3.88. The molecule has 0 saturated carbocycles. The number of nitrogens with two attached hydrogens (primary N) is 1. The van der Waals surface area contributed by atoms with Crippen LogP contribution in [0.3, 0.4) is 0 Å². The molecule has 0 aromatic rings. The molecule has 0 aliphatic carbocycles. The maximum Gasteiger partial charge on any atom is 0.225 e. The van der Waals surface area contributed by atoms with Crippen LogP contribution >= 0.6 is 12.4 Å². The molecule has 5 heteroatoms. The maximum absolute atomic E-state index is 11.8. The summed E-state index contributed by atoms with van der Waals surface area (Å²) in [6, 6.07) is 0.387. The second-order valence-corrected chi connectivity index (χ2v) is 3.88. The van der Waals surface area contributed by atoms with Crippen LogP contribution in [0.5, 0.6) is 0 Å². The molecule has 1 rings (SSSR count). The average molecular weight is 237 g/mol. The van der Waals surface area contributed by atoms with E-state index in [9.17, 15) is 4.79 Å². The molecule has 0 spiro atoms. The predicted molar refractivity (Wildman–Crippen MR) is 62.1 cm³/mol. The summed E-state index contributed by atoms with van der Waals surface area (Å²) in [6.07, 6.45) is 2.52. The third kappa shape index (κ3) is 3.97. The van der Waals surface area contributed by atoms with Crippen LogP contribution in [0.15, 0.2) is 0 Å². The largest absolute Gasteiger partial charge is 0.380 e. The molecule has 0 aromatic carbocycles. The van der Waals surface area contributed by atoms with Crippen LogP contribution in [-0.2, 0) is 9.53 Å². The third-order valence-electron chi connectivity index (χ3n) is 2.87. The molecular weight excluding hydrogens is 216 g/mol. The van der Waals surface area contributed by atoms with Gasteiger partial charge in [0, 0.05) is 26.2 Å². The Morgan fingerprint density at radius 3 is 2.73 bits per heavy atom. The average Bonchev–Trinajstić information content (AvgIpc) is 2.60. The van der Waals surface area contributed by atoms with Crippen molar-refractivity contribution in [2.24, 2.45) is 5.73 Å². The fourth-order valence-corrected chi connectivity index (χ4v) is 1.88. The monoisotopic (exact) mass is 236 g/mol. The topological polar surface area (TPSA) is 55.6 Å². The van der Waals surface area contributed by atoms with E-state index < -0.39 is 0 Å². The van der Waals surface area contributed by atoms with Crippen LogP contribution < -0.4 is 5.73 Å². The molecule has 2 N–H and O–H groups in total. The van der Waals surface area contributed by atoms with Crippen molar-refractivity contribution < 1.29 is 9.53 Å². The standard InChI is InChI=1S/C10H20N2O2.ClH/c1-8-4-3-5-12(8)10(13)6-9(7-11)14-2;/h8-9H,3-7,11H2,1-2H3;1H. The van der Waals surface area contributed by atoms with Gasteiger partial charge in [0.1, 0.15) is 0 Å². The number of hydrogen-bond donors (Lipinski definition) is 1. The van der Waals surface area contributed by atoms with Gasteiger partial charge in [0.05, 0.1) is 12.5 Å². The van der Waals surface area contributed by atoms with Gasteiger partial charge in [0.25, 0.3) is 0 Å². The number of hydrogen-bond acceptors (Lipinski definition) is 3. The molecule has 2 unspecified atom stereocenters. The van der Waals surface area contributed by atoms with Gasteiger partial charge in [-0.2, -0.15) is 0 Å². The van der Waals surface area contributed by atoms with Crippen LogP contribution in [0.25, 0.3) is 0 Å². The number of methoxy groups -OCH3 is 1. The van der Waals surface area contributed by atoms with Crippen molar-refractivity contribution in [2.75, 3.05) is 20.2 Å². The Kier molecular flexibility index (Phi) is 6.89. The van der Waals surface area contributed by atoms with Gasteiger partial charge in [0.2, 0.25) is 5.91 Å². The van der Waals surface area contributed by atoms with E-state index in [0.29, 0.717) is 19.0 Å². The van der Waals surface area contributed by atoms with E-state index in [1.807, 2.05) is 4.90 Å². The van der Waals surface area contributed by atoms with Gasteiger partial charge in [-0.15, -0.1) is 12.4 Å². The molecule has 0 aromatic heterocycles. The van der Waals surface area contributed by atoms with E-state index in [0.717, 1.165) is 19.4 Å². The normalized spacial score (nSPS) is 22.3. The first-order valence-electron chi connectivity index (χ1n) is 5.21. The Labute approximate surface area is 97.5 Å². The highest BCUT2D eigenvalue weighted by Crippen LogP contribution is 2.17. The van der Waals surface area contributed by atoms with Gasteiger partial charge < -0.3 is 15.4 Å². The van der Waals surface area contributed by atoms with Gasteiger partial charge in [-0.1, -0.05) is 0 Å². The van der Waals surface area contributed by atoms with Crippen molar-refractivity contribution in [3.8, 4) is 0 Å². The van der Waals surface area contributed by atoms with Crippen molar-refractivity contribution in [1.29, 1.82) is 0 Å². The van der Waals surface area contributed by atoms with Crippen molar-refractivity contribution in [1.82, 2.24) is 4.90 Å². The summed E-state index contributed by atoms with van der Waals surface area (Å²) in [7, 11) is 1.60. The first-order valence-corrected chi connectivity index (χ1v) is 5.21. The molecule has 1 amide bonds. The Morgan fingerprint density at radius 2 is 2.33 bits per heavy atom. The van der Waals surface area contributed by atoms with Crippen LogP contribution in [0, 0.1) is 0 Å². The summed E-state index contributed by atoms with van der Waals surface area (Å²) >= 11 is 0. The predicted octanol–water partition coefficient (Wildman–Crippen LogP) is 0.783. The SMILES string of the molecule is COC(CN)CC(=O)N1CCCC1C.Cl. The van der Waals surface area contributed by atoms with Crippen molar-refractivity contribution in [2.45, 2.75) is 38.3 Å². The molecule has 2 atom stereocenters. The highest BCUT2D eigenvalue weighted by molar-refractivity contribution is 5.85.